The van der Waals surface area contributed by atoms with E-state index in [9.17, 15) is 9.59 Å². The van der Waals surface area contributed by atoms with Crippen LogP contribution >= 0.6 is 23.2 Å². The SMILES string of the molecule is CN1Cc2c(Cl)cc(Cl)cc2[C@H](c2ccc(N3C(=O)CCCC3=O)cc2)C1. The van der Waals surface area contributed by atoms with Crippen LogP contribution in [-0.2, 0) is 16.1 Å². The second kappa shape index (κ2) is 7.27. The molecule has 1 saturated heterocycles. The molecule has 1 fully saturated rings. The molecule has 2 heterocycles. The molecule has 0 unspecified atom stereocenters. The molecule has 2 aliphatic heterocycles. The highest BCUT2D eigenvalue weighted by atomic mass is 35.5. The molecule has 4 rings (SSSR count). The van der Waals surface area contributed by atoms with Gasteiger partial charge in [-0.3, -0.25) is 14.5 Å². The van der Waals surface area contributed by atoms with Gasteiger partial charge in [0.2, 0.25) is 11.8 Å². The number of carbonyl (C=O) groups excluding carboxylic acids is 2. The molecule has 0 aliphatic carbocycles. The lowest BCUT2D eigenvalue weighted by molar-refractivity contribution is -0.129. The quantitative estimate of drug-likeness (QED) is 0.688. The van der Waals surface area contributed by atoms with Crippen molar-refractivity contribution in [2.45, 2.75) is 31.7 Å². The van der Waals surface area contributed by atoms with Crippen LogP contribution < -0.4 is 4.90 Å². The summed E-state index contributed by atoms with van der Waals surface area (Å²) in [6.45, 7) is 1.64. The van der Waals surface area contributed by atoms with Gasteiger partial charge in [0, 0.05) is 41.9 Å². The van der Waals surface area contributed by atoms with E-state index >= 15 is 0 Å². The predicted octanol–water partition coefficient (Wildman–Crippen LogP) is 4.61. The van der Waals surface area contributed by atoms with Gasteiger partial charge in [-0.2, -0.15) is 0 Å². The molecule has 0 aromatic heterocycles. The summed E-state index contributed by atoms with van der Waals surface area (Å²) in [5.74, 6) is -0.114. The van der Waals surface area contributed by atoms with Gasteiger partial charge >= 0.3 is 0 Å². The summed E-state index contributed by atoms with van der Waals surface area (Å²) in [6, 6.07) is 11.5. The Bertz CT molecular complexity index is 895. The fourth-order valence-electron chi connectivity index (χ4n) is 4.03. The van der Waals surface area contributed by atoms with E-state index in [-0.39, 0.29) is 17.7 Å². The summed E-state index contributed by atoms with van der Waals surface area (Å²) in [5.41, 5.74) is 4.00. The van der Waals surface area contributed by atoms with Gasteiger partial charge in [-0.1, -0.05) is 35.3 Å². The van der Waals surface area contributed by atoms with Crippen LogP contribution in [0.3, 0.4) is 0 Å². The minimum Gasteiger partial charge on any atom is -0.301 e. The number of carbonyl (C=O) groups is 2. The number of anilines is 1. The zero-order valence-electron chi connectivity index (χ0n) is 15.0. The van der Waals surface area contributed by atoms with Crippen LogP contribution in [0.2, 0.25) is 10.0 Å². The molecule has 1 atom stereocenters. The number of piperidine rings is 1. The Hall–Kier alpha value is -1.88. The number of amides is 2. The lowest BCUT2D eigenvalue weighted by atomic mass is 9.84. The van der Waals surface area contributed by atoms with Gasteiger partial charge in [0.25, 0.3) is 0 Å². The summed E-state index contributed by atoms with van der Waals surface area (Å²) in [6.07, 6.45) is 1.48. The van der Waals surface area contributed by atoms with E-state index in [2.05, 4.69) is 11.9 Å². The fourth-order valence-corrected chi connectivity index (χ4v) is 4.60. The molecule has 2 aliphatic rings. The average molecular weight is 403 g/mol. The van der Waals surface area contributed by atoms with Gasteiger partial charge in [0.05, 0.1) is 5.69 Å². The topological polar surface area (TPSA) is 40.6 Å². The van der Waals surface area contributed by atoms with Gasteiger partial charge in [0.1, 0.15) is 0 Å². The average Bonchev–Trinajstić information content (AvgIpc) is 2.62. The molecule has 6 heteroatoms. The standard InChI is InChI=1S/C21H20Cl2N2O2/c1-24-11-17(16-9-14(22)10-19(23)18(16)12-24)13-5-7-15(8-6-13)25-20(26)3-2-4-21(25)27/h5-10,17H,2-4,11-12H2,1H3/t17-/m0/s1. The minimum atomic E-state index is -0.125. The van der Waals surface area contributed by atoms with Crippen LogP contribution in [-0.4, -0.2) is 30.3 Å². The van der Waals surface area contributed by atoms with E-state index in [4.69, 9.17) is 23.2 Å². The summed E-state index contributed by atoms with van der Waals surface area (Å²) in [7, 11) is 2.07. The first-order valence-corrected chi connectivity index (χ1v) is 9.81. The molecule has 4 nitrogen and oxygen atoms in total. The molecule has 27 heavy (non-hydrogen) atoms. The zero-order chi connectivity index (χ0) is 19.1. The highest BCUT2D eigenvalue weighted by Gasteiger charge is 2.29. The second-order valence-corrected chi connectivity index (χ2v) is 8.12. The third-order valence-electron chi connectivity index (χ3n) is 5.33. The van der Waals surface area contributed by atoms with Crippen molar-refractivity contribution in [2.24, 2.45) is 0 Å². The Morgan fingerprint density at radius 3 is 2.33 bits per heavy atom. The first-order chi connectivity index (χ1) is 12.9. The van der Waals surface area contributed by atoms with Crippen LogP contribution in [0.4, 0.5) is 5.69 Å². The van der Waals surface area contributed by atoms with E-state index < -0.39 is 0 Å². The molecule has 2 amide bonds. The largest absolute Gasteiger partial charge is 0.301 e. The predicted molar refractivity (Wildman–Crippen MR) is 107 cm³/mol. The summed E-state index contributed by atoms with van der Waals surface area (Å²) >= 11 is 12.7. The number of fused-ring (bicyclic) bond motifs is 1. The molecular formula is C21H20Cl2N2O2. The van der Waals surface area contributed by atoms with Crippen molar-refractivity contribution in [1.82, 2.24) is 4.90 Å². The zero-order valence-corrected chi connectivity index (χ0v) is 16.6. The summed E-state index contributed by atoms with van der Waals surface area (Å²) in [5, 5.41) is 1.32. The molecule has 0 saturated carbocycles. The minimum absolute atomic E-state index is 0.125. The highest BCUT2D eigenvalue weighted by Crippen LogP contribution is 2.38. The molecule has 0 radical (unpaired) electrons. The van der Waals surface area contributed by atoms with Crippen LogP contribution in [0.25, 0.3) is 0 Å². The van der Waals surface area contributed by atoms with Crippen LogP contribution in [0.5, 0.6) is 0 Å². The Morgan fingerprint density at radius 2 is 1.67 bits per heavy atom. The molecule has 0 bridgehead atoms. The van der Waals surface area contributed by atoms with Crippen molar-refractivity contribution in [1.29, 1.82) is 0 Å². The molecular weight excluding hydrogens is 383 g/mol. The molecule has 140 valence electrons. The Balaban J connectivity index is 1.69. The van der Waals surface area contributed by atoms with E-state index in [0.717, 1.165) is 29.8 Å². The Morgan fingerprint density at radius 1 is 1.00 bits per heavy atom. The van der Waals surface area contributed by atoms with Crippen molar-refractivity contribution in [3.8, 4) is 0 Å². The number of hydrogen-bond acceptors (Lipinski definition) is 3. The monoisotopic (exact) mass is 402 g/mol. The maximum atomic E-state index is 12.1. The van der Waals surface area contributed by atoms with E-state index in [0.29, 0.717) is 35.0 Å². The summed E-state index contributed by atoms with van der Waals surface area (Å²) in [4.78, 5) is 27.8. The fraction of sp³-hybridized carbons (Fsp3) is 0.333. The van der Waals surface area contributed by atoms with Crippen LogP contribution in [0.15, 0.2) is 36.4 Å². The van der Waals surface area contributed by atoms with E-state index in [1.807, 2.05) is 30.3 Å². The highest BCUT2D eigenvalue weighted by molar-refractivity contribution is 6.35. The first-order valence-electron chi connectivity index (χ1n) is 9.06. The van der Waals surface area contributed by atoms with Crippen molar-refractivity contribution in [3.63, 3.8) is 0 Å². The first kappa shape index (κ1) is 18.5. The molecule has 0 spiro atoms. The van der Waals surface area contributed by atoms with Crippen molar-refractivity contribution < 1.29 is 9.59 Å². The summed E-state index contributed by atoms with van der Waals surface area (Å²) < 4.78 is 0. The number of likely N-dealkylation sites (N-methyl/N-ethyl adjacent to an activating group) is 1. The van der Waals surface area contributed by atoms with Gasteiger partial charge in [-0.15, -0.1) is 0 Å². The Labute approximate surface area is 168 Å². The van der Waals surface area contributed by atoms with Gasteiger partial charge in [-0.05, 0) is 54.4 Å². The van der Waals surface area contributed by atoms with Crippen molar-refractivity contribution in [3.05, 3.63) is 63.1 Å². The third kappa shape index (κ3) is 3.49. The van der Waals surface area contributed by atoms with E-state index in [1.165, 1.54) is 4.90 Å². The smallest absolute Gasteiger partial charge is 0.233 e. The maximum Gasteiger partial charge on any atom is 0.233 e. The number of halogens is 2. The van der Waals surface area contributed by atoms with Gasteiger partial charge in [0.15, 0.2) is 0 Å². The van der Waals surface area contributed by atoms with Gasteiger partial charge < -0.3 is 4.90 Å². The molecule has 2 aromatic carbocycles. The van der Waals surface area contributed by atoms with Gasteiger partial charge in [-0.25, -0.2) is 0 Å². The number of hydrogen-bond donors (Lipinski definition) is 0. The second-order valence-electron chi connectivity index (χ2n) is 7.27. The van der Waals surface area contributed by atoms with Crippen LogP contribution in [0, 0.1) is 0 Å². The normalized spacial score (nSPS) is 20.7. The molecule has 2 aromatic rings. The third-order valence-corrected chi connectivity index (χ3v) is 5.88. The lowest BCUT2D eigenvalue weighted by Gasteiger charge is -2.33. The van der Waals surface area contributed by atoms with Crippen molar-refractivity contribution in [2.75, 3.05) is 18.5 Å². The van der Waals surface area contributed by atoms with E-state index in [1.54, 1.807) is 6.07 Å². The maximum absolute atomic E-state index is 12.1. The van der Waals surface area contributed by atoms with Crippen molar-refractivity contribution >= 4 is 40.7 Å². The number of rotatable bonds is 2. The Kier molecular flexibility index (Phi) is 4.97. The van der Waals surface area contributed by atoms with Crippen LogP contribution in [0.1, 0.15) is 41.9 Å². The number of imide groups is 1. The number of benzene rings is 2. The molecule has 0 N–H and O–H groups in total. The number of nitrogens with zero attached hydrogens (tertiary/aromatic N) is 2. The lowest BCUT2D eigenvalue weighted by Crippen LogP contribution is -2.40.